The molecule has 1 unspecified atom stereocenters. The Bertz CT molecular complexity index is 815. The minimum atomic E-state index is -0.727. The van der Waals surface area contributed by atoms with Crippen molar-refractivity contribution < 1.29 is 5.11 Å². The summed E-state index contributed by atoms with van der Waals surface area (Å²) in [5.74, 6) is 0. The first-order chi connectivity index (χ1) is 9.51. The minimum Gasteiger partial charge on any atom is -0.370 e. The van der Waals surface area contributed by atoms with E-state index in [0.717, 1.165) is 38.9 Å². The van der Waals surface area contributed by atoms with Gasteiger partial charge in [0.1, 0.15) is 6.23 Å². The highest BCUT2D eigenvalue weighted by atomic mass is 16.3. The normalized spacial score (nSPS) is 17.4. The van der Waals surface area contributed by atoms with Crippen LogP contribution in [0.2, 0.25) is 0 Å². The number of aliphatic hydroxyl groups is 1. The van der Waals surface area contributed by atoms with Crippen LogP contribution in [0.5, 0.6) is 0 Å². The van der Waals surface area contributed by atoms with Crippen molar-refractivity contribution in [1.82, 2.24) is 4.98 Å². The summed E-state index contributed by atoms with van der Waals surface area (Å²) in [7, 11) is 0. The van der Waals surface area contributed by atoms with Gasteiger partial charge >= 0.3 is 0 Å². The molecule has 0 fully saturated rings. The predicted octanol–water partition coefficient (Wildman–Crippen LogP) is 2.63. The van der Waals surface area contributed by atoms with Crippen molar-refractivity contribution >= 4 is 28.2 Å². The molecule has 0 spiro atoms. The third kappa shape index (κ3) is 1.77. The number of hydrogen-bond acceptors (Lipinski definition) is 3. The first-order valence-corrected chi connectivity index (χ1v) is 6.47. The summed E-state index contributed by atoms with van der Waals surface area (Å²) < 4.78 is 0. The number of aryl methyl sites for hydroxylation is 1. The first kappa shape index (κ1) is 12.7. The molecule has 4 nitrogen and oxygen atoms in total. The standard InChI is InChI=1S/C16H16N2O2/c1-4-10-15-11(8(2)5-13(19)17-15)7-12-9(3)6-14(20)18-16(10)12/h4-7,13,17,19H,1H2,2-3H3,(H,18,20). The smallest absolute Gasteiger partial charge is 0.248 e. The van der Waals surface area contributed by atoms with E-state index in [1.165, 1.54) is 0 Å². The number of anilines is 1. The second-order valence-corrected chi connectivity index (χ2v) is 5.09. The molecule has 0 amide bonds. The summed E-state index contributed by atoms with van der Waals surface area (Å²) in [4.78, 5) is 14.6. The summed E-state index contributed by atoms with van der Waals surface area (Å²) >= 11 is 0. The molecule has 1 aliphatic heterocycles. The van der Waals surface area contributed by atoms with Crippen LogP contribution in [0.25, 0.3) is 22.6 Å². The van der Waals surface area contributed by atoms with Gasteiger partial charge in [-0.1, -0.05) is 12.7 Å². The van der Waals surface area contributed by atoms with Gasteiger partial charge in [-0.15, -0.1) is 0 Å². The van der Waals surface area contributed by atoms with E-state index in [1.54, 1.807) is 18.2 Å². The van der Waals surface area contributed by atoms with Crippen LogP contribution in [-0.2, 0) is 0 Å². The summed E-state index contributed by atoms with van der Waals surface area (Å²) in [6.07, 6.45) is 2.74. The third-order valence-corrected chi connectivity index (χ3v) is 3.72. The fourth-order valence-corrected chi connectivity index (χ4v) is 2.77. The van der Waals surface area contributed by atoms with Crippen molar-refractivity contribution in [3.63, 3.8) is 0 Å². The van der Waals surface area contributed by atoms with Crippen molar-refractivity contribution in [3.8, 4) is 0 Å². The Hall–Kier alpha value is -2.33. The first-order valence-electron chi connectivity index (χ1n) is 6.47. The highest BCUT2D eigenvalue weighted by Gasteiger charge is 2.20. The molecule has 0 saturated carbocycles. The average molecular weight is 268 g/mol. The van der Waals surface area contributed by atoms with Crippen LogP contribution < -0.4 is 10.9 Å². The van der Waals surface area contributed by atoms with E-state index >= 15 is 0 Å². The van der Waals surface area contributed by atoms with Gasteiger partial charge in [0.15, 0.2) is 0 Å². The average Bonchev–Trinajstić information content (AvgIpc) is 2.36. The zero-order chi connectivity index (χ0) is 14.4. The summed E-state index contributed by atoms with van der Waals surface area (Å²) in [5.41, 5.74) is 5.18. The fraction of sp³-hybridized carbons (Fsp3) is 0.188. The number of aliphatic hydroxyl groups excluding tert-OH is 1. The highest BCUT2D eigenvalue weighted by Crippen LogP contribution is 2.37. The lowest BCUT2D eigenvalue weighted by Crippen LogP contribution is -2.22. The second kappa shape index (κ2) is 4.35. The topological polar surface area (TPSA) is 65.1 Å². The number of fused-ring (bicyclic) bond motifs is 2. The molecule has 0 radical (unpaired) electrons. The van der Waals surface area contributed by atoms with Crippen LogP contribution in [0.3, 0.4) is 0 Å². The van der Waals surface area contributed by atoms with Gasteiger partial charge in [0.05, 0.1) is 11.2 Å². The maximum Gasteiger partial charge on any atom is 0.248 e. The molecule has 1 atom stereocenters. The molecule has 3 rings (SSSR count). The predicted molar refractivity (Wildman–Crippen MR) is 82.7 cm³/mol. The Morgan fingerprint density at radius 3 is 2.80 bits per heavy atom. The lowest BCUT2D eigenvalue weighted by Gasteiger charge is -2.25. The van der Waals surface area contributed by atoms with E-state index in [0.29, 0.717) is 0 Å². The molecule has 2 heterocycles. The van der Waals surface area contributed by atoms with E-state index in [2.05, 4.69) is 16.9 Å². The molecule has 0 bridgehead atoms. The van der Waals surface area contributed by atoms with Crippen molar-refractivity contribution in [1.29, 1.82) is 0 Å². The quantitative estimate of drug-likeness (QED) is 0.745. The maximum atomic E-state index is 11.7. The van der Waals surface area contributed by atoms with Crippen molar-refractivity contribution in [2.75, 3.05) is 5.32 Å². The van der Waals surface area contributed by atoms with Gasteiger partial charge in [0.25, 0.3) is 0 Å². The van der Waals surface area contributed by atoms with Crippen molar-refractivity contribution in [3.05, 3.63) is 51.8 Å². The van der Waals surface area contributed by atoms with Gasteiger partial charge in [-0.05, 0) is 37.1 Å². The number of rotatable bonds is 1. The SMILES string of the molecule is C=Cc1c2c(cc3c(C)cc(=O)[nH]c13)C(C)=CC(O)N2. The van der Waals surface area contributed by atoms with Crippen LogP contribution in [0.1, 0.15) is 23.6 Å². The number of H-pyrrole nitrogens is 1. The number of benzene rings is 1. The Morgan fingerprint density at radius 1 is 1.35 bits per heavy atom. The monoisotopic (exact) mass is 268 g/mol. The van der Waals surface area contributed by atoms with E-state index in [9.17, 15) is 9.90 Å². The van der Waals surface area contributed by atoms with Crippen molar-refractivity contribution in [2.24, 2.45) is 0 Å². The number of nitrogens with one attached hydrogen (secondary N) is 2. The molecule has 20 heavy (non-hydrogen) atoms. The van der Waals surface area contributed by atoms with Gasteiger partial charge < -0.3 is 15.4 Å². The number of pyridine rings is 1. The lowest BCUT2D eigenvalue weighted by atomic mass is 9.93. The third-order valence-electron chi connectivity index (χ3n) is 3.72. The zero-order valence-corrected chi connectivity index (χ0v) is 11.4. The molecule has 1 aliphatic rings. The van der Waals surface area contributed by atoms with Gasteiger partial charge in [-0.3, -0.25) is 4.79 Å². The number of aromatic amines is 1. The number of hydrogen-bond donors (Lipinski definition) is 3. The van der Waals surface area contributed by atoms with Gasteiger partial charge in [0, 0.05) is 22.6 Å². The maximum absolute atomic E-state index is 11.7. The highest BCUT2D eigenvalue weighted by molar-refractivity contribution is 6.00. The summed E-state index contributed by atoms with van der Waals surface area (Å²) in [6, 6.07) is 3.62. The van der Waals surface area contributed by atoms with Crippen LogP contribution in [0.15, 0.2) is 29.6 Å². The van der Waals surface area contributed by atoms with Crippen LogP contribution in [0, 0.1) is 6.92 Å². The molecule has 4 heteroatoms. The summed E-state index contributed by atoms with van der Waals surface area (Å²) in [6.45, 7) is 7.71. The van der Waals surface area contributed by atoms with Gasteiger partial charge in [-0.25, -0.2) is 0 Å². The van der Waals surface area contributed by atoms with Gasteiger partial charge in [0.2, 0.25) is 5.56 Å². The van der Waals surface area contributed by atoms with E-state index in [1.807, 2.05) is 19.9 Å². The molecular weight excluding hydrogens is 252 g/mol. The van der Waals surface area contributed by atoms with Crippen LogP contribution in [-0.4, -0.2) is 16.3 Å². The molecule has 1 aromatic heterocycles. The number of allylic oxidation sites excluding steroid dienone is 1. The Labute approximate surface area is 116 Å². The molecule has 102 valence electrons. The van der Waals surface area contributed by atoms with E-state index in [-0.39, 0.29) is 5.56 Å². The van der Waals surface area contributed by atoms with Crippen LogP contribution >= 0.6 is 0 Å². The van der Waals surface area contributed by atoms with E-state index < -0.39 is 6.23 Å². The largest absolute Gasteiger partial charge is 0.370 e. The molecular formula is C16H16N2O2. The van der Waals surface area contributed by atoms with E-state index in [4.69, 9.17) is 0 Å². The molecule has 3 N–H and O–H groups in total. The number of aromatic nitrogens is 1. The Balaban J connectivity index is 2.50. The Morgan fingerprint density at radius 2 is 2.10 bits per heavy atom. The molecule has 2 aromatic rings. The zero-order valence-electron chi connectivity index (χ0n) is 11.4. The second-order valence-electron chi connectivity index (χ2n) is 5.09. The lowest BCUT2D eigenvalue weighted by molar-refractivity contribution is 0.252. The minimum absolute atomic E-state index is 0.137. The summed E-state index contributed by atoms with van der Waals surface area (Å²) in [5, 5.41) is 13.9. The van der Waals surface area contributed by atoms with Crippen LogP contribution in [0.4, 0.5) is 5.69 Å². The molecule has 0 saturated heterocycles. The fourth-order valence-electron chi connectivity index (χ4n) is 2.77. The molecule has 1 aromatic carbocycles. The molecule has 0 aliphatic carbocycles. The van der Waals surface area contributed by atoms with Crippen molar-refractivity contribution in [2.45, 2.75) is 20.1 Å². The Kier molecular flexibility index (Phi) is 2.76. The van der Waals surface area contributed by atoms with Gasteiger partial charge in [-0.2, -0.15) is 0 Å².